The molecule has 1 unspecified atom stereocenters. The lowest BCUT2D eigenvalue weighted by Crippen LogP contribution is -2.52. The molecule has 0 saturated carbocycles. The number of nitrogens with zero attached hydrogens (tertiary/aromatic N) is 4. The van der Waals surface area contributed by atoms with Gasteiger partial charge in [-0.3, -0.25) is 14.5 Å². The Kier molecular flexibility index (Phi) is 9.72. The van der Waals surface area contributed by atoms with Gasteiger partial charge in [0.1, 0.15) is 5.75 Å². The molecule has 1 N–H and O–H groups in total. The number of carbonyl (C=O) groups is 2. The second-order valence-electron chi connectivity index (χ2n) is 14.7. The van der Waals surface area contributed by atoms with Crippen LogP contribution in [-0.2, 0) is 37.2 Å². The Morgan fingerprint density at radius 3 is 2.38 bits per heavy atom. The lowest BCUT2D eigenvalue weighted by molar-refractivity contribution is 0.0193. The summed E-state index contributed by atoms with van der Waals surface area (Å²) < 4.78 is 19.6. The van der Waals surface area contributed by atoms with Crippen molar-refractivity contribution >= 4 is 29.1 Å². The summed E-state index contributed by atoms with van der Waals surface area (Å²) in [5, 5.41) is 10.7. The number of halogens is 1. The van der Waals surface area contributed by atoms with E-state index in [4.69, 9.17) is 25.8 Å². The molecule has 0 aliphatic carbocycles. The molecule has 1 atom stereocenters. The first-order chi connectivity index (χ1) is 26.9. The van der Waals surface area contributed by atoms with Gasteiger partial charge in [0.25, 0.3) is 11.8 Å². The summed E-state index contributed by atoms with van der Waals surface area (Å²) in [6.45, 7) is 5.30. The van der Waals surface area contributed by atoms with Gasteiger partial charge in [0.15, 0.2) is 11.5 Å². The van der Waals surface area contributed by atoms with E-state index in [9.17, 15) is 9.90 Å². The predicted octanol–water partition coefficient (Wildman–Crippen LogP) is 7.33. The van der Waals surface area contributed by atoms with Crippen LogP contribution < -0.4 is 14.4 Å². The number of hydrogen-bond acceptors (Lipinski definition) is 7. The van der Waals surface area contributed by atoms with Crippen LogP contribution in [0.25, 0.3) is 11.3 Å². The number of carbonyl (C=O) groups excluding carboxylic acids is 2. The fraction of sp³-hybridized carbons (Fsp3) is 0.318. The number of aromatic hydroxyl groups is 1. The highest BCUT2D eigenvalue weighted by Crippen LogP contribution is 2.42. The number of phenols is 1. The minimum absolute atomic E-state index is 0.0409. The molecule has 1 aromatic heterocycles. The van der Waals surface area contributed by atoms with E-state index in [0.29, 0.717) is 65.2 Å². The summed E-state index contributed by atoms with van der Waals surface area (Å²) in [5.41, 5.74) is 7.39. The average molecular weight is 759 g/mol. The molecule has 10 nitrogen and oxygen atoms in total. The first-order valence-corrected chi connectivity index (χ1v) is 19.5. The van der Waals surface area contributed by atoms with Crippen LogP contribution in [0.15, 0.2) is 91.0 Å². The number of ether oxygens (including phenoxy) is 3. The Labute approximate surface area is 325 Å². The van der Waals surface area contributed by atoms with Gasteiger partial charge in [0.2, 0.25) is 6.79 Å². The lowest BCUT2D eigenvalue weighted by Gasteiger charge is -2.40. The van der Waals surface area contributed by atoms with Crippen LogP contribution in [0.4, 0.5) is 5.69 Å². The van der Waals surface area contributed by atoms with Crippen LogP contribution in [0, 0.1) is 0 Å². The fourth-order valence-corrected chi connectivity index (χ4v) is 8.69. The maximum absolute atomic E-state index is 15.2. The Bertz CT molecular complexity index is 2250. The molecular weight excluding hydrogens is 716 g/mol. The zero-order valence-electron chi connectivity index (χ0n) is 30.6. The molecule has 4 aromatic carbocycles. The molecule has 1 fully saturated rings. The number of hydrogen-bond donors (Lipinski definition) is 1. The highest BCUT2D eigenvalue weighted by molar-refractivity contribution is 6.31. The van der Waals surface area contributed by atoms with Gasteiger partial charge in [-0.2, -0.15) is 0 Å². The van der Waals surface area contributed by atoms with Crippen molar-refractivity contribution in [3.63, 3.8) is 0 Å². The Morgan fingerprint density at radius 2 is 1.58 bits per heavy atom. The Balaban J connectivity index is 1.14. The zero-order valence-corrected chi connectivity index (χ0v) is 31.3. The number of phenolic OH excluding ortho intramolecular Hbond substituents is 1. The molecule has 5 aromatic rings. The van der Waals surface area contributed by atoms with E-state index in [0.717, 1.165) is 67.8 Å². The van der Waals surface area contributed by atoms with Crippen molar-refractivity contribution in [3.05, 3.63) is 130 Å². The van der Waals surface area contributed by atoms with Crippen molar-refractivity contribution in [3.8, 4) is 28.5 Å². The first-order valence-electron chi connectivity index (χ1n) is 19.1. The van der Waals surface area contributed by atoms with Gasteiger partial charge in [-0.05, 0) is 90.9 Å². The highest BCUT2D eigenvalue weighted by Gasteiger charge is 2.36. The molecule has 1 saturated heterocycles. The van der Waals surface area contributed by atoms with Crippen LogP contribution >= 0.6 is 11.6 Å². The molecular formula is C44H43ClN4O6. The highest BCUT2D eigenvalue weighted by atomic mass is 35.5. The third-order valence-corrected chi connectivity index (χ3v) is 11.8. The van der Waals surface area contributed by atoms with Crippen molar-refractivity contribution in [1.29, 1.82) is 0 Å². The molecule has 0 radical (unpaired) electrons. The maximum atomic E-state index is 15.2. The smallest absolute Gasteiger partial charge is 0.260 e. The van der Waals surface area contributed by atoms with Crippen LogP contribution in [0.3, 0.4) is 0 Å². The van der Waals surface area contributed by atoms with Crippen LogP contribution in [-0.4, -0.2) is 77.0 Å². The number of amides is 2. The van der Waals surface area contributed by atoms with Gasteiger partial charge in [-0.1, -0.05) is 54.1 Å². The summed E-state index contributed by atoms with van der Waals surface area (Å²) in [6.07, 6.45) is 3.37. The molecule has 11 heteroatoms. The molecule has 282 valence electrons. The minimum atomic E-state index is -0.186. The SMILES string of the molecule is O=C(c1cc(-c2cc3c(cc2C(=O)N2Cc4ccccc4CC2CN2CCOCC2)OCO3)n2c1CCCC2)N(Cc1ccccc1Cl)c1ccc(O)cc1. The van der Waals surface area contributed by atoms with Gasteiger partial charge < -0.3 is 33.7 Å². The topological polar surface area (TPSA) is 96.7 Å². The number of anilines is 1. The third-order valence-electron chi connectivity index (χ3n) is 11.4. The number of aromatic nitrogens is 1. The van der Waals surface area contributed by atoms with Crippen LogP contribution in [0.1, 0.15) is 55.9 Å². The molecule has 9 rings (SSSR count). The summed E-state index contributed by atoms with van der Waals surface area (Å²) in [5.74, 6) is 0.958. The molecule has 55 heavy (non-hydrogen) atoms. The fourth-order valence-electron chi connectivity index (χ4n) is 8.50. The van der Waals surface area contributed by atoms with Gasteiger partial charge >= 0.3 is 0 Å². The van der Waals surface area contributed by atoms with E-state index < -0.39 is 0 Å². The second-order valence-corrected chi connectivity index (χ2v) is 15.1. The maximum Gasteiger partial charge on any atom is 0.260 e. The predicted molar refractivity (Wildman–Crippen MR) is 210 cm³/mol. The summed E-state index contributed by atoms with van der Waals surface area (Å²) in [6, 6.07) is 28.2. The number of morpholine rings is 1. The van der Waals surface area contributed by atoms with Crippen molar-refractivity contribution in [1.82, 2.24) is 14.4 Å². The van der Waals surface area contributed by atoms with Crippen molar-refractivity contribution in [2.24, 2.45) is 0 Å². The van der Waals surface area contributed by atoms with Gasteiger partial charge in [0.05, 0.1) is 30.9 Å². The normalized spacial score (nSPS) is 17.8. The molecule has 0 spiro atoms. The van der Waals surface area contributed by atoms with E-state index >= 15 is 4.79 Å². The van der Waals surface area contributed by atoms with E-state index in [1.54, 1.807) is 29.2 Å². The quantitative estimate of drug-likeness (QED) is 0.177. The van der Waals surface area contributed by atoms with Crippen molar-refractivity contribution in [2.45, 2.75) is 51.4 Å². The minimum Gasteiger partial charge on any atom is -0.508 e. The van der Waals surface area contributed by atoms with Gasteiger partial charge in [-0.25, -0.2) is 0 Å². The summed E-state index contributed by atoms with van der Waals surface area (Å²) in [7, 11) is 0. The van der Waals surface area contributed by atoms with Crippen molar-refractivity contribution in [2.75, 3.05) is 44.5 Å². The molecule has 4 aliphatic rings. The van der Waals surface area contributed by atoms with Gasteiger partial charge in [0, 0.05) is 66.4 Å². The lowest BCUT2D eigenvalue weighted by atomic mass is 9.92. The summed E-state index contributed by atoms with van der Waals surface area (Å²) >= 11 is 6.63. The standard InChI is InChI=1S/C44H43ClN4O6/c45-38-10-4-3-9-31(38)26-48(32-12-14-34(50)15-13-32)44(52)37-22-40(47-16-6-5-11-39(37)47)35-23-41-42(55-28-54-41)24-36(35)43(51)49-25-30-8-2-1-7-29(30)21-33(49)27-46-17-19-53-20-18-46/h1-4,7-10,12-15,22-24,33,50H,5-6,11,16-21,25-28H2. The van der Waals surface area contributed by atoms with E-state index in [1.165, 1.54) is 5.56 Å². The van der Waals surface area contributed by atoms with Gasteiger partial charge in [-0.15, -0.1) is 0 Å². The summed E-state index contributed by atoms with van der Waals surface area (Å²) in [4.78, 5) is 36.3. The molecule has 5 heterocycles. The molecule has 4 aliphatic heterocycles. The second kappa shape index (κ2) is 15.1. The number of rotatable bonds is 8. The largest absolute Gasteiger partial charge is 0.508 e. The van der Waals surface area contributed by atoms with E-state index in [1.807, 2.05) is 53.4 Å². The molecule has 2 amide bonds. The monoisotopic (exact) mass is 758 g/mol. The van der Waals surface area contributed by atoms with Crippen LogP contribution in [0.2, 0.25) is 5.02 Å². The third kappa shape index (κ3) is 6.94. The zero-order chi connectivity index (χ0) is 37.5. The first kappa shape index (κ1) is 35.4. The Hall–Kier alpha value is -5.29. The van der Waals surface area contributed by atoms with E-state index in [2.05, 4.69) is 27.7 Å². The van der Waals surface area contributed by atoms with Crippen molar-refractivity contribution < 1.29 is 28.9 Å². The average Bonchev–Trinajstić information content (AvgIpc) is 3.85. The number of benzene rings is 4. The molecule has 0 bridgehead atoms. The van der Waals surface area contributed by atoms with E-state index in [-0.39, 0.29) is 36.9 Å². The number of fused-ring (bicyclic) bond motifs is 3. The Morgan fingerprint density at radius 1 is 0.836 bits per heavy atom. The van der Waals surface area contributed by atoms with Crippen LogP contribution in [0.5, 0.6) is 17.2 Å².